The molecule has 1 aliphatic carbocycles. The van der Waals surface area contributed by atoms with Crippen LogP contribution in [0.4, 0.5) is 17.3 Å². The summed E-state index contributed by atoms with van der Waals surface area (Å²) in [4.78, 5) is 8.62. The lowest BCUT2D eigenvalue weighted by atomic mass is 9.95. The highest BCUT2D eigenvalue weighted by molar-refractivity contribution is 6.31. The number of anilines is 3. The molecule has 1 fully saturated rings. The zero-order valence-electron chi connectivity index (χ0n) is 12.8. The minimum Gasteiger partial charge on any atom is -0.367 e. The Labute approximate surface area is 136 Å². The Bertz CT molecular complexity index is 638. The number of nitrogens with zero attached hydrogens (tertiary/aromatic N) is 2. The average Bonchev–Trinajstić information content (AvgIpc) is 2.53. The average molecular weight is 317 g/mol. The molecule has 5 heteroatoms. The lowest BCUT2D eigenvalue weighted by Crippen LogP contribution is -2.22. The van der Waals surface area contributed by atoms with Crippen LogP contribution in [-0.2, 0) is 0 Å². The third-order valence-electron chi connectivity index (χ3n) is 4.15. The molecule has 22 heavy (non-hydrogen) atoms. The van der Waals surface area contributed by atoms with Crippen LogP contribution in [0.15, 0.2) is 30.6 Å². The van der Waals surface area contributed by atoms with Crippen LogP contribution < -0.4 is 10.6 Å². The summed E-state index contributed by atoms with van der Waals surface area (Å²) in [6.45, 7) is 1.99. The quantitative estimate of drug-likeness (QED) is 0.840. The molecule has 0 bridgehead atoms. The lowest BCUT2D eigenvalue weighted by molar-refractivity contribution is 0.462. The number of benzene rings is 1. The Morgan fingerprint density at radius 2 is 1.86 bits per heavy atom. The van der Waals surface area contributed by atoms with E-state index in [9.17, 15) is 0 Å². The van der Waals surface area contributed by atoms with E-state index in [2.05, 4.69) is 20.6 Å². The van der Waals surface area contributed by atoms with Gasteiger partial charge in [-0.25, -0.2) is 9.97 Å². The van der Waals surface area contributed by atoms with E-state index in [0.717, 1.165) is 27.9 Å². The van der Waals surface area contributed by atoms with Gasteiger partial charge in [-0.3, -0.25) is 0 Å². The van der Waals surface area contributed by atoms with Crippen LogP contribution >= 0.6 is 11.6 Å². The standard InChI is InChI=1S/C17H21ClN4/c1-12-14(18)8-5-9-15(12)22-17-10-16(19-11-20-17)21-13-6-3-2-4-7-13/h5,8-11,13H,2-4,6-7H2,1H3,(H2,19,20,21,22). The van der Waals surface area contributed by atoms with Crippen LogP contribution in [0.1, 0.15) is 37.7 Å². The summed E-state index contributed by atoms with van der Waals surface area (Å²) >= 11 is 6.16. The number of rotatable bonds is 4. The monoisotopic (exact) mass is 316 g/mol. The van der Waals surface area contributed by atoms with Gasteiger partial charge in [0.1, 0.15) is 18.0 Å². The molecule has 1 saturated carbocycles. The van der Waals surface area contributed by atoms with Gasteiger partial charge in [0.05, 0.1) is 0 Å². The van der Waals surface area contributed by atoms with Crippen molar-refractivity contribution in [2.24, 2.45) is 0 Å². The van der Waals surface area contributed by atoms with Crippen molar-refractivity contribution >= 4 is 28.9 Å². The molecule has 0 spiro atoms. The van der Waals surface area contributed by atoms with Crippen molar-refractivity contribution in [3.63, 3.8) is 0 Å². The van der Waals surface area contributed by atoms with Crippen molar-refractivity contribution in [3.8, 4) is 0 Å². The number of halogens is 1. The van der Waals surface area contributed by atoms with E-state index in [1.165, 1.54) is 32.1 Å². The largest absolute Gasteiger partial charge is 0.367 e. The SMILES string of the molecule is Cc1c(Cl)cccc1Nc1cc(NC2CCCCC2)ncn1. The van der Waals surface area contributed by atoms with E-state index < -0.39 is 0 Å². The number of hydrogen-bond donors (Lipinski definition) is 2. The number of hydrogen-bond acceptors (Lipinski definition) is 4. The highest BCUT2D eigenvalue weighted by Crippen LogP contribution is 2.26. The van der Waals surface area contributed by atoms with Gasteiger partial charge >= 0.3 is 0 Å². The van der Waals surface area contributed by atoms with Crippen molar-refractivity contribution in [2.75, 3.05) is 10.6 Å². The van der Waals surface area contributed by atoms with Gasteiger partial charge in [0.15, 0.2) is 0 Å². The van der Waals surface area contributed by atoms with Gasteiger partial charge in [-0.1, -0.05) is 36.9 Å². The molecule has 0 unspecified atom stereocenters. The van der Waals surface area contributed by atoms with Crippen LogP contribution in [0.5, 0.6) is 0 Å². The minimum absolute atomic E-state index is 0.532. The van der Waals surface area contributed by atoms with Crippen LogP contribution in [0.25, 0.3) is 0 Å². The zero-order chi connectivity index (χ0) is 15.4. The first-order valence-electron chi connectivity index (χ1n) is 7.83. The summed E-state index contributed by atoms with van der Waals surface area (Å²) in [6, 6.07) is 8.30. The Kier molecular flexibility index (Phi) is 4.78. The Hall–Kier alpha value is -1.81. The fourth-order valence-electron chi connectivity index (χ4n) is 2.84. The van der Waals surface area contributed by atoms with E-state index in [1.807, 2.05) is 31.2 Å². The first kappa shape index (κ1) is 15.1. The van der Waals surface area contributed by atoms with Crippen molar-refractivity contribution < 1.29 is 0 Å². The molecule has 116 valence electrons. The Balaban J connectivity index is 1.72. The molecule has 0 saturated heterocycles. The van der Waals surface area contributed by atoms with Gasteiger partial charge in [-0.2, -0.15) is 0 Å². The summed E-state index contributed by atoms with van der Waals surface area (Å²) in [7, 11) is 0. The molecule has 1 aromatic heterocycles. The molecule has 3 rings (SSSR count). The maximum absolute atomic E-state index is 6.16. The summed E-state index contributed by atoms with van der Waals surface area (Å²) in [6.07, 6.45) is 7.99. The summed E-state index contributed by atoms with van der Waals surface area (Å²) in [5.41, 5.74) is 1.99. The van der Waals surface area contributed by atoms with Crippen molar-refractivity contribution in [1.82, 2.24) is 9.97 Å². The lowest BCUT2D eigenvalue weighted by Gasteiger charge is -2.23. The van der Waals surface area contributed by atoms with E-state index in [-0.39, 0.29) is 0 Å². The Morgan fingerprint density at radius 3 is 2.68 bits per heavy atom. The molecule has 0 radical (unpaired) electrons. The third kappa shape index (κ3) is 3.69. The fraction of sp³-hybridized carbons (Fsp3) is 0.412. The van der Waals surface area contributed by atoms with Crippen LogP contribution in [-0.4, -0.2) is 16.0 Å². The van der Waals surface area contributed by atoms with Gasteiger partial charge in [-0.15, -0.1) is 0 Å². The second-order valence-electron chi connectivity index (χ2n) is 5.81. The van der Waals surface area contributed by atoms with E-state index in [4.69, 9.17) is 11.6 Å². The molecule has 0 atom stereocenters. The zero-order valence-corrected chi connectivity index (χ0v) is 13.5. The molecule has 2 N–H and O–H groups in total. The van der Waals surface area contributed by atoms with Crippen molar-refractivity contribution in [1.29, 1.82) is 0 Å². The molecule has 0 aliphatic heterocycles. The third-order valence-corrected chi connectivity index (χ3v) is 4.56. The molecule has 4 nitrogen and oxygen atoms in total. The second-order valence-corrected chi connectivity index (χ2v) is 6.21. The van der Waals surface area contributed by atoms with Crippen LogP contribution in [0.2, 0.25) is 5.02 Å². The van der Waals surface area contributed by atoms with Gasteiger partial charge in [0.25, 0.3) is 0 Å². The normalized spacial score (nSPS) is 15.5. The molecule has 1 aliphatic rings. The van der Waals surface area contributed by atoms with E-state index in [1.54, 1.807) is 6.33 Å². The summed E-state index contributed by atoms with van der Waals surface area (Å²) < 4.78 is 0. The molecular weight excluding hydrogens is 296 g/mol. The highest BCUT2D eigenvalue weighted by atomic mass is 35.5. The van der Waals surface area contributed by atoms with Crippen LogP contribution in [0.3, 0.4) is 0 Å². The maximum Gasteiger partial charge on any atom is 0.135 e. The van der Waals surface area contributed by atoms with E-state index >= 15 is 0 Å². The summed E-state index contributed by atoms with van der Waals surface area (Å²) in [5.74, 6) is 1.66. The minimum atomic E-state index is 0.532. The topological polar surface area (TPSA) is 49.8 Å². The summed E-state index contributed by atoms with van der Waals surface area (Å²) in [5, 5.41) is 7.58. The Morgan fingerprint density at radius 1 is 1.09 bits per heavy atom. The highest BCUT2D eigenvalue weighted by Gasteiger charge is 2.13. The van der Waals surface area contributed by atoms with Crippen molar-refractivity contribution in [3.05, 3.63) is 41.2 Å². The smallest absolute Gasteiger partial charge is 0.135 e. The molecule has 2 aromatic rings. The first-order chi connectivity index (χ1) is 10.7. The van der Waals surface area contributed by atoms with Gasteiger partial charge in [0, 0.05) is 22.8 Å². The van der Waals surface area contributed by atoms with Gasteiger partial charge in [0.2, 0.25) is 0 Å². The molecule has 0 amide bonds. The predicted octanol–water partition coefficient (Wildman–Crippen LogP) is 4.93. The van der Waals surface area contributed by atoms with E-state index in [0.29, 0.717) is 6.04 Å². The predicted molar refractivity (Wildman–Crippen MR) is 92.0 cm³/mol. The van der Waals surface area contributed by atoms with Gasteiger partial charge in [-0.05, 0) is 37.5 Å². The first-order valence-corrected chi connectivity index (χ1v) is 8.21. The molecule has 1 heterocycles. The fourth-order valence-corrected chi connectivity index (χ4v) is 3.02. The molecule has 1 aromatic carbocycles. The van der Waals surface area contributed by atoms with Crippen molar-refractivity contribution in [2.45, 2.75) is 45.1 Å². The molecular formula is C17H21ClN4. The number of aromatic nitrogens is 2. The number of nitrogens with one attached hydrogen (secondary N) is 2. The maximum atomic E-state index is 6.16. The van der Waals surface area contributed by atoms with Gasteiger partial charge < -0.3 is 10.6 Å². The van der Waals surface area contributed by atoms with Crippen LogP contribution in [0, 0.1) is 6.92 Å². The second kappa shape index (κ2) is 6.97.